The lowest BCUT2D eigenvalue weighted by Crippen LogP contribution is -2.16. The first-order valence-corrected chi connectivity index (χ1v) is 8.38. The van der Waals surface area contributed by atoms with E-state index in [0.29, 0.717) is 17.4 Å². The second-order valence-electron chi connectivity index (χ2n) is 6.06. The van der Waals surface area contributed by atoms with Gasteiger partial charge >= 0.3 is 0 Å². The Hall–Kier alpha value is -2.76. The normalized spacial score (nSPS) is 10.5. The number of anilines is 1. The van der Waals surface area contributed by atoms with Gasteiger partial charge in [0, 0.05) is 12.1 Å². The SMILES string of the molecule is COc1cc(F)c(NC(=O)CCOc2ccc(C(C)C)cc2)cc1OC. The molecule has 0 aliphatic heterocycles. The molecular weight excluding hydrogens is 337 g/mol. The highest BCUT2D eigenvalue weighted by atomic mass is 19.1. The van der Waals surface area contributed by atoms with Crippen LogP contribution in [-0.2, 0) is 4.79 Å². The minimum atomic E-state index is -0.596. The van der Waals surface area contributed by atoms with E-state index in [1.54, 1.807) is 0 Å². The minimum absolute atomic E-state index is 0.0361. The lowest BCUT2D eigenvalue weighted by molar-refractivity contribution is -0.116. The van der Waals surface area contributed by atoms with Crippen LogP contribution in [0.5, 0.6) is 17.2 Å². The highest BCUT2D eigenvalue weighted by Gasteiger charge is 2.13. The van der Waals surface area contributed by atoms with Crippen molar-refractivity contribution < 1.29 is 23.4 Å². The van der Waals surface area contributed by atoms with Crippen LogP contribution in [0.4, 0.5) is 10.1 Å². The Morgan fingerprint density at radius 2 is 1.69 bits per heavy atom. The van der Waals surface area contributed by atoms with Gasteiger partial charge in [-0.1, -0.05) is 26.0 Å². The molecule has 0 fully saturated rings. The molecule has 0 saturated carbocycles. The summed E-state index contributed by atoms with van der Waals surface area (Å²) in [6.45, 7) is 4.43. The molecular formula is C20H24FNO4. The summed E-state index contributed by atoms with van der Waals surface area (Å²) in [6.07, 6.45) is 0.0969. The average Bonchev–Trinajstić information content (AvgIpc) is 2.63. The maximum atomic E-state index is 14.0. The number of hydrogen-bond donors (Lipinski definition) is 1. The number of carbonyl (C=O) groups is 1. The van der Waals surface area contributed by atoms with Crippen LogP contribution in [0.15, 0.2) is 36.4 Å². The average molecular weight is 361 g/mol. The van der Waals surface area contributed by atoms with E-state index < -0.39 is 5.82 Å². The van der Waals surface area contributed by atoms with Crippen molar-refractivity contribution in [2.75, 3.05) is 26.1 Å². The Morgan fingerprint density at radius 3 is 2.27 bits per heavy atom. The van der Waals surface area contributed by atoms with E-state index in [4.69, 9.17) is 14.2 Å². The Morgan fingerprint density at radius 1 is 1.08 bits per heavy atom. The molecule has 1 N–H and O–H groups in total. The van der Waals surface area contributed by atoms with Gasteiger partial charge in [-0.2, -0.15) is 0 Å². The van der Waals surface area contributed by atoms with Crippen molar-refractivity contribution in [1.29, 1.82) is 0 Å². The molecule has 0 bridgehead atoms. The minimum Gasteiger partial charge on any atom is -0.493 e. The van der Waals surface area contributed by atoms with Crippen LogP contribution in [0.25, 0.3) is 0 Å². The molecule has 0 unspecified atom stereocenters. The van der Waals surface area contributed by atoms with Crippen molar-refractivity contribution in [1.82, 2.24) is 0 Å². The summed E-state index contributed by atoms with van der Waals surface area (Å²) in [4.78, 5) is 12.0. The van der Waals surface area contributed by atoms with E-state index >= 15 is 0 Å². The molecule has 2 rings (SSSR count). The first-order valence-electron chi connectivity index (χ1n) is 8.38. The zero-order chi connectivity index (χ0) is 19.1. The van der Waals surface area contributed by atoms with Crippen LogP contribution in [0.2, 0.25) is 0 Å². The molecule has 0 atom stereocenters. The van der Waals surface area contributed by atoms with E-state index in [2.05, 4.69) is 19.2 Å². The maximum absolute atomic E-state index is 14.0. The zero-order valence-corrected chi connectivity index (χ0v) is 15.5. The summed E-state index contributed by atoms with van der Waals surface area (Å²) in [7, 11) is 2.86. The monoisotopic (exact) mass is 361 g/mol. The van der Waals surface area contributed by atoms with Crippen LogP contribution in [0, 0.1) is 5.82 Å². The van der Waals surface area contributed by atoms with Crippen molar-refractivity contribution in [3.8, 4) is 17.2 Å². The van der Waals surface area contributed by atoms with Crippen molar-refractivity contribution >= 4 is 11.6 Å². The lowest BCUT2D eigenvalue weighted by atomic mass is 10.0. The number of ether oxygens (including phenoxy) is 3. The summed E-state index contributed by atoms with van der Waals surface area (Å²) in [5.41, 5.74) is 1.26. The Balaban J connectivity index is 1.89. The molecule has 6 heteroatoms. The molecule has 0 saturated heterocycles. The molecule has 0 heterocycles. The number of rotatable bonds is 8. The van der Waals surface area contributed by atoms with Gasteiger partial charge in [0.2, 0.25) is 5.91 Å². The number of carbonyl (C=O) groups excluding carboxylic acids is 1. The fourth-order valence-electron chi connectivity index (χ4n) is 2.37. The molecule has 0 aromatic heterocycles. The Bertz CT molecular complexity index is 744. The van der Waals surface area contributed by atoms with Crippen molar-refractivity contribution in [2.45, 2.75) is 26.2 Å². The van der Waals surface area contributed by atoms with Crippen molar-refractivity contribution in [3.05, 3.63) is 47.8 Å². The van der Waals surface area contributed by atoms with E-state index in [1.165, 1.54) is 31.9 Å². The number of hydrogen-bond acceptors (Lipinski definition) is 4. The van der Waals surface area contributed by atoms with Crippen LogP contribution in [0.1, 0.15) is 31.7 Å². The van der Waals surface area contributed by atoms with E-state index in [1.807, 2.05) is 24.3 Å². The quantitative estimate of drug-likeness (QED) is 0.758. The van der Waals surface area contributed by atoms with Gasteiger partial charge in [-0.3, -0.25) is 4.79 Å². The van der Waals surface area contributed by atoms with Gasteiger partial charge in [0.05, 0.1) is 32.9 Å². The number of amides is 1. The highest BCUT2D eigenvalue weighted by molar-refractivity contribution is 5.91. The lowest BCUT2D eigenvalue weighted by Gasteiger charge is -2.12. The first kappa shape index (κ1) is 19.6. The van der Waals surface area contributed by atoms with Crippen molar-refractivity contribution in [3.63, 3.8) is 0 Å². The summed E-state index contributed by atoms with van der Waals surface area (Å²) >= 11 is 0. The molecule has 2 aromatic rings. The topological polar surface area (TPSA) is 56.8 Å². The molecule has 0 spiro atoms. The van der Waals surface area contributed by atoms with E-state index in [9.17, 15) is 9.18 Å². The maximum Gasteiger partial charge on any atom is 0.227 e. The molecule has 2 aromatic carbocycles. The van der Waals surface area contributed by atoms with Crippen LogP contribution >= 0.6 is 0 Å². The molecule has 0 radical (unpaired) electrons. The number of methoxy groups -OCH3 is 2. The Kier molecular flexibility index (Phi) is 6.83. The largest absolute Gasteiger partial charge is 0.493 e. The van der Waals surface area contributed by atoms with E-state index in [-0.39, 0.29) is 30.4 Å². The van der Waals surface area contributed by atoms with E-state index in [0.717, 1.165) is 0 Å². The third kappa shape index (κ3) is 5.12. The molecule has 0 aliphatic rings. The molecule has 140 valence electrons. The van der Waals surface area contributed by atoms with Gasteiger partial charge in [-0.15, -0.1) is 0 Å². The van der Waals surface area contributed by atoms with Gasteiger partial charge in [-0.25, -0.2) is 4.39 Å². The highest BCUT2D eigenvalue weighted by Crippen LogP contribution is 2.32. The van der Waals surface area contributed by atoms with Gasteiger partial charge in [0.15, 0.2) is 17.3 Å². The summed E-state index contributed by atoms with van der Waals surface area (Å²) in [5, 5.41) is 2.52. The predicted octanol–water partition coefficient (Wildman–Crippen LogP) is 4.37. The zero-order valence-electron chi connectivity index (χ0n) is 15.5. The fraction of sp³-hybridized carbons (Fsp3) is 0.350. The molecule has 0 aliphatic carbocycles. The third-order valence-corrected chi connectivity index (χ3v) is 3.89. The standard InChI is InChI=1S/C20H24FNO4/c1-13(2)14-5-7-15(8-6-14)26-10-9-20(23)22-17-12-19(25-4)18(24-3)11-16(17)21/h5-8,11-13H,9-10H2,1-4H3,(H,22,23). The molecule has 5 nitrogen and oxygen atoms in total. The van der Waals surface area contributed by atoms with Crippen LogP contribution in [-0.4, -0.2) is 26.7 Å². The van der Waals surface area contributed by atoms with Gasteiger partial charge in [0.25, 0.3) is 0 Å². The number of benzene rings is 2. The van der Waals surface area contributed by atoms with Crippen LogP contribution < -0.4 is 19.5 Å². The van der Waals surface area contributed by atoms with Crippen LogP contribution in [0.3, 0.4) is 0 Å². The second-order valence-corrected chi connectivity index (χ2v) is 6.06. The first-order chi connectivity index (χ1) is 12.4. The predicted molar refractivity (Wildman–Crippen MR) is 98.8 cm³/mol. The van der Waals surface area contributed by atoms with Gasteiger partial charge in [0.1, 0.15) is 5.75 Å². The summed E-state index contributed by atoms with van der Waals surface area (Å²) < 4.78 is 29.7. The number of nitrogens with one attached hydrogen (secondary N) is 1. The molecule has 1 amide bonds. The second kappa shape index (κ2) is 9.08. The van der Waals surface area contributed by atoms with Gasteiger partial charge < -0.3 is 19.5 Å². The fourth-order valence-corrected chi connectivity index (χ4v) is 2.37. The Labute approximate surface area is 153 Å². The number of halogens is 1. The third-order valence-electron chi connectivity index (χ3n) is 3.89. The smallest absolute Gasteiger partial charge is 0.227 e. The summed E-state index contributed by atoms with van der Waals surface area (Å²) in [5.74, 6) is 0.795. The van der Waals surface area contributed by atoms with Crippen molar-refractivity contribution in [2.24, 2.45) is 0 Å². The summed E-state index contributed by atoms with van der Waals surface area (Å²) in [6, 6.07) is 10.3. The van der Waals surface area contributed by atoms with Gasteiger partial charge in [-0.05, 0) is 23.6 Å². The molecule has 26 heavy (non-hydrogen) atoms.